The van der Waals surface area contributed by atoms with Gasteiger partial charge in [-0.15, -0.1) is 0 Å². The number of hydrogen-bond acceptors (Lipinski definition) is 4. The zero-order chi connectivity index (χ0) is 15.0. The van der Waals surface area contributed by atoms with E-state index in [1.807, 2.05) is 24.3 Å². The molecule has 0 amide bonds. The first-order chi connectivity index (χ1) is 9.62. The maximum absolute atomic E-state index is 11.3. The zero-order valence-corrected chi connectivity index (χ0v) is 11.4. The van der Waals surface area contributed by atoms with Crippen LogP contribution in [0.25, 0.3) is 11.4 Å². The molecule has 0 fully saturated rings. The molecule has 0 saturated carbocycles. The van der Waals surface area contributed by atoms with Gasteiger partial charge in [0.25, 0.3) is 6.47 Å². The average Bonchev–Trinajstić information content (AvgIpc) is 2.78. The first kappa shape index (κ1) is 15.5. The molecule has 0 aliphatic rings. The number of aromatic amines is 1. The Labute approximate surface area is 115 Å². The summed E-state index contributed by atoms with van der Waals surface area (Å²) in [6.07, 6.45) is 0.963. The highest BCUT2D eigenvalue weighted by molar-refractivity contribution is 5.56. The molecule has 0 atom stereocenters. The molecule has 0 unspecified atom stereocenters. The Morgan fingerprint density at radius 1 is 1.50 bits per heavy atom. The van der Waals surface area contributed by atoms with Crippen LogP contribution in [0.4, 0.5) is 0 Å². The van der Waals surface area contributed by atoms with Crippen LogP contribution in [0.3, 0.4) is 0 Å². The highest BCUT2D eigenvalue weighted by Crippen LogP contribution is 2.20. The summed E-state index contributed by atoms with van der Waals surface area (Å²) >= 11 is 0. The molecule has 1 aromatic heterocycles. The van der Waals surface area contributed by atoms with Crippen molar-refractivity contribution in [3.8, 4) is 17.1 Å². The second-order valence-corrected chi connectivity index (χ2v) is 3.88. The van der Waals surface area contributed by atoms with E-state index in [1.165, 1.54) is 4.68 Å². The Kier molecular flexibility index (Phi) is 6.02. The number of hydrogen-bond donors (Lipinski definition) is 2. The van der Waals surface area contributed by atoms with E-state index in [2.05, 4.69) is 17.0 Å². The van der Waals surface area contributed by atoms with E-state index >= 15 is 0 Å². The third kappa shape index (κ3) is 4.27. The van der Waals surface area contributed by atoms with Crippen LogP contribution >= 0.6 is 0 Å². The minimum absolute atomic E-state index is 0.222. The summed E-state index contributed by atoms with van der Waals surface area (Å²) in [6, 6.07) is 7.53. The number of rotatable bonds is 4. The summed E-state index contributed by atoms with van der Waals surface area (Å²) in [5, 5.41) is 11.0. The summed E-state index contributed by atoms with van der Waals surface area (Å²) in [6.45, 7) is 2.49. The molecular weight excluding hydrogens is 262 g/mol. The molecule has 108 valence electrons. The molecule has 7 nitrogen and oxygen atoms in total. The molecule has 7 heteroatoms. The lowest BCUT2D eigenvalue weighted by Crippen LogP contribution is -2.13. The highest BCUT2D eigenvalue weighted by Gasteiger charge is 2.05. The van der Waals surface area contributed by atoms with Gasteiger partial charge in [-0.2, -0.15) is 5.10 Å². The molecule has 1 aromatic carbocycles. The van der Waals surface area contributed by atoms with Gasteiger partial charge in [-0.3, -0.25) is 9.78 Å². The fourth-order valence-electron chi connectivity index (χ4n) is 1.49. The molecule has 0 spiro atoms. The van der Waals surface area contributed by atoms with Crippen molar-refractivity contribution in [1.29, 1.82) is 0 Å². The third-order valence-electron chi connectivity index (χ3n) is 2.35. The van der Waals surface area contributed by atoms with Crippen molar-refractivity contribution >= 4 is 6.47 Å². The number of H-pyrrole nitrogens is 1. The molecule has 20 heavy (non-hydrogen) atoms. The number of aryl methyl sites for hydroxylation is 1. The molecule has 2 aromatic rings. The molecule has 0 saturated heterocycles. The van der Waals surface area contributed by atoms with Crippen molar-refractivity contribution in [2.24, 2.45) is 7.05 Å². The van der Waals surface area contributed by atoms with Gasteiger partial charge in [-0.25, -0.2) is 9.48 Å². The second kappa shape index (κ2) is 7.78. The van der Waals surface area contributed by atoms with Crippen molar-refractivity contribution in [2.45, 2.75) is 13.3 Å². The number of carboxylic acid groups (broad SMARTS) is 1. The van der Waals surface area contributed by atoms with E-state index in [0.717, 1.165) is 17.7 Å². The Morgan fingerprint density at radius 2 is 2.20 bits per heavy atom. The van der Waals surface area contributed by atoms with Crippen LogP contribution in [0, 0.1) is 0 Å². The molecule has 2 rings (SSSR count). The summed E-state index contributed by atoms with van der Waals surface area (Å²) < 4.78 is 6.80. The Hall–Kier alpha value is -2.57. The lowest BCUT2D eigenvalue weighted by atomic mass is 10.2. The monoisotopic (exact) mass is 279 g/mol. The van der Waals surface area contributed by atoms with E-state index in [9.17, 15) is 4.79 Å². The largest absolute Gasteiger partial charge is 0.494 e. The van der Waals surface area contributed by atoms with E-state index in [-0.39, 0.29) is 12.2 Å². The summed E-state index contributed by atoms with van der Waals surface area (Å²) in [7, 11) is 1.61. The van der Waals surface area contributed by atoms with Crippen LogP contribution in [-0.2, 0) is 11.8 Å². The quantitative estimate of drug-likeness (QED) is 0.821. The third-order valence-corrected chi connectivity index (χ3v) is 2.35. The van der Waals surface area contributed by atoms with Gasteiger partial charge in [0.15, 0.2) is 5.82 Å². The lowest BCUT2D eigenvalue weighted by molar-refractivity contribution is -0.122. The first-order valence-corrected chi connectivity index (χ1v) is 6.06. The number of aromatic nitrogens is 3. The van der Waals surface area contributed by atoms with E-state index in [4.69, 9.17) is 14.6 Å². The van der Waals surface area contributed by atoms with Crippen LogP contribution in [0.15, 0.2) is 29.1 Å². The lowest BCUT2D eigenvalue weighted by Gasteiger charge is -2.05. The molecule has 2 N–H and O–H groups in total. The number of benzene rings is 1. The van der Waals surface area contributed by atoms with E-state index in [0.29, 0.717) is 12.4 Å². The minimum atomic E-state index is -0.250. The van der Waals surface area contributed by atoms with Gasteiger partial charge >= 0.3 is 5.69 Å². The summed E-state index contributed by atoms with van der Waals surface area (Å²) in [5.74, 6) is 1.34. The van der Waals surface area contributed by atoms with Gasteiger partial charge in [0.1, 0.15) is 5.75 Å². The van der Waals surface area contributed by atoms with Crippen molar-refractivity contribution in [1.82, 2.24) is 14.8 Å². The number of nitrogens with zero attached hydrogens (tertiary/aromatic N) is 2. The van der Waals surface area contributed by atoms with Gasteiger partial charge < -0.3 is 9.84 Å². The molecule has 0 bridgehead atoms. The van der Waals surface area contributed by atoms with Crippen molar-refractivity contribution in [2.75, 3.05) is 6.61 Å². The zero-order valence-electron chi connectivity index (χ0n) is 11.4. The number of carbonyl (C=O) groups is 1. The molecule has 0 radical (unpaired) electrons. The van der Waals surface area contributed by atoms with Crippen LogP contribution in [0.5, 0.6) is 5.75 Å². The number of ether oxygens (including phenoxy) is 1. The van der Waals surface area contributed by atoms with Crippen molar-refractivity contribution in [3.63, 3.8) is 0 Å². The van der Waals surface area contributed by atoms with Crippen LogP contribution in [0.1, 0.15) is 13.3 Å². The van der Waals surface area contributed by atoms with Crippen LogP contribution < -0.4 is 10.4 Å². The Balaban J connectivity index is 0.000000612. The predicted molar refractivity (Wildman–Crippen MR) is 73.7 cm³/mol. The first-order valence-electron chi connectivity index (χ1n) is 6.06. The SMILES string of the molecule is CCCOc1cccc(-c2nn(C)c(=O)[nH]2)c1.O=CO. The normalized spacial score (nSPS) is 9.50. The van der Waals surface area contributed by atoms with Crippen LogP contribution in [-0.4, -0.2) is 33.0 Å². The van der Waals surface area contributed by atoms with Crippen molar-refractivity contribution < 1.29 is 14.6 Å². The smallest absolute Gasteiger partial charge is 0.343 e. The maximum Gasteiger partial charge on any atom is 0.343 e. The second-order valence-electron chi connectivity index (χ2n) is 3.88. The highest BCUT2D eigenvalue weighted by atomic mass is 16.5. The van der Waals surface area contributed by atoms with E-state index < -0.39 is 0 Å². The van der Waals surface area contributed by atoms with Gasteiger partial charge in [-0.05, 0) is 18.6 Å². The van der Waals surface area contributed by atoms with Gasteiger partial charge in [0, 0.05) is 12.6 Å². The Bertz CT molecular complexity index is 604. The summed E-state index contributed by atoms with van der Waals surface area (Å²) in [4.78, 5) is 22.3. The topological polar surface area (TPSA) is 97.2 Å². The Morgan fingerprint density at radius 3 is 2.75 bits per heavy atom. The van der Waals surface area contributed by atoms with Crippen molar-refractivity contribution in [3.05, 3.63) is 34.7 Å². The standard InChI is InChI=1S/C12H15N3O2.CH2O2/c1-3-7-17-10-6-4-5-9(8-10)11-13-12(16)15(2)14-11;2-1-3/h4-6,8H,3,7H2,1-2H3,(H,13,14,16);1H,(H,2,3). The van der Waals surface area contributed by atoms with Gasteiger partial charge in [-0.1, -0.05) is 19.1 Å². The molecule has 0 aliphatic carbocycles. The fourth-order valence-corrected chi connectivity index (χ4v) is 1.49. The summed E-state index contributed by atoms with van der Waals surface area (Å²) in [5.41, 5.74) is 0.621. The van der Waals surface area contributed by atoms with Gasteiger partial charge in [0.2, 0.25) is 0 Å². The molecule has 1 heterocycles. The molecular formula is C13H17N3O4. The minimum Gasteiger partial charge on any atom is -0.494 e. The molecule has 0 aliphatic heterocycles. The van der Waals surface area contributed by atoms with E-state index in [1.54, 1.807) is 7.05 Å². The fraction of sp³-hybridized carbons (Fsp3) is 0.308. The van der Waals surface area contributed by atoms with Crippen LogP contribution in [0.2, 0.25) is 0 Å². The van der Waals surface area contributed by atoms with Gasteiger partial charge in [0.05, 0.1) is 6.61 Å². The predicted octanol–water partition coefficient (Wildman–Crippen LogP) is 1.26. The number of nitrogens with one attached hydrogen (secondary N) is 1. The average molecular weight is 279 g/mol. The maximum atomic E-state index is 11.3.